The lowest BCUT2D eigenvalue weighted by atomic mass is 10.0. The molecule has 0 radical (unpaired) electrons. The van der Waals surface area contributed by atoms with Gasteiger partial charge in [-0.15, -0.1) is 11.3 Å². The molecule has 2 aliphatic heterocycles. The molecule has 0 amide bonds. The smallest absolute Gasteiger partial charge is 0.115 e. The fourth-order valence-electron chi connectivity index (χ4n) is 6.99. The quantitative estimate of drug-likeness (QED) is 0.172. The van der Waals surface area contributed by atoms with Crippen molar-refractivity contribution >= 4 is 56.1 Å². The SMILES string of the molecule is Cc1ccc(-c2c3nc(c(-c4ccc(O)cc4)c4ccc([nH]4)c(-c4ccc(O)cc4)c4nc(c(-c5ccc(C)cc5)c5ccc2s5)C=C4)C=C3)cc1. The molecule has 0 spiro atoms. The molecule has 0 aliphatic carbocycles. The number of phenolic OH excluding ortho intramolecular Hbond substituents is 2. The lowest BCUT2D eigenvalue weighted by Gasteiger charge is -2.07. The van der Waals surface area contributed by atoms with Gasteiger partial charge in [0.15, 0.2) is 0 Å². The van der Waals surface area contributed by atoms with Crippen molar-refractivity contribution < 1.29 is 10.2 Å². The van der Waals surface area contributed by atoms with Crippen molar-refractivity contribution in [3.8, 4) is 56.0 Å². The fourth-order valence-corrected chi connectivity index (χ4v) is 8.14. The highest BCUT2D eigenvalue weighted by Gasteiger charge is 2.19. The minimum atomic E-state index is 0.201. The largest absolute Gasteiger partial charge is 0.508 e. The zero-order chi connectivity index (χ0) is 35.3. The molecular weight excluding hydrogens is 659 g/mol. The Hall–Kier alpha value is -6.50. The number of fused-ring (bicyclic) bond motifs is 8. The van der Waals surface area contributed by atoms with Crippen LogP contribution >= 0.6 is 11.3 Å². The summed E-state index contributed by atoms with van der Waals surface area (Å²) in [5.74, 6) is 0.402. The number of aromatic amines is 1. The Kier molecular flexibility index (Phi) is 7.67. The van der Waals surface area contributed by atoms with Crippen LogP contribution in [0.15, 0.2) is 121 Å². The van der Waals surface area contributed by atoms with Crippen molar-refractivity contribution in [3.63, 3.8) is 0 Å². The summed E-state index contributed by atoms with van der Waals surface area (Å²) in [4.78, 5) is 14.4. The Morgan fingerprint density at radius 3 is 1.12 bits per heavy atom. The molecule has 0 fully saturated rings. The van der Waals surface area contributed by atoms with E-state index in [0.29, 0.717) is 0 Å². The fraction of sp³-hybridized carbons (Fsp3) is 0.0435. The average Bonchev–Trinajstić information content (AvgIpc) is 3.99. The molecule has 2 aliphatic rings. The van der Waals surface area contributed by atoms with Crippen LogP contribution in [0.4, 0.5) is 0 Å². The van der Waals surface area contributed by atoms with Gasteiger partial charge in [-0.3, -0.25) is 0 Å². The second-order valence-corrected chi connectivity index (χ2v) is 14.3. The molecule has 52 heavy (non-hydrogen) atoms. The van der Waals surface area contributed by atoms with Crippen LogP contribution in [0, 0.1) is 13.8 Å². The normalized spacial score (nSPS) is 12.0. The summed E-state index contributed by atoms with van der Waals surface area (Å²) >= 11 is 1.74. The number of nitrogens with zero attached hydrogens (tertiary/aromatic N) is 2. The zero-order valence-corrected chi connectivity index (χ0v) is 29.4. The number of aryl methyl sites for hydroxylation is 2. The van der Waals surface area contributed by atoms with Crippen molar-refractivity contribution in [2.75, 3.05) is 0 Å². The standard InChI is InChI=1S/C46H33N3O2S/c1-27-3-7-31(8-4-27)45-39-23-21-37(48-39)43(29-11-15-33(50)16-12-29)35-19-20-36(47-35)44(30-13-17-34(51)18-14-30)38-22-24-40(49-38)46(42-26-25-41(45)52-42)32-9-5-28(2)6-10-32/h3-26,47,50-51H,1-2H3. The number of phenols is 2. The third-order valence-corrected chi connectivity index (χ3v) is 10.7. The molecule has 9 rings (SSSR count). The molecule has 0 unspecified atom stereocenters. The lowest BCUT2D eigenvalue weighted by molar-refractivity contribution is 0.475. The van der Waals surface area contributed by atoms with Gasteiger partial charge >= 0.3 is 0 Å². The Balaban J connectivity index is 1.47. The van der Waals surface area contributed by atoms with Crippen molar-refractivity contribution in [1.29, 1.82) is 0 Å². The molecule has 8 bridgehead atoms. The summed E-state index contributed by atoms with van der Waals surface area (Å²) in [6.45, 7) is 4.21. The number of nitrogens with one attached hydrogen (secondary N) is 1. The predicted molar refractivity (Wildman–Crippen MR) is 217 cm³/mol. The van der Waals surface area contributed by atoms with Crippen LogP contribution < -0.4 is 0 Å². The Labute approximate surface area is 305 Å². The summed E-state index contributed by atoms with van der Waals surface area (Å²) < 4.78 is 2.22. The average molecular weight is 692 g/mol. The summed E-state index contributed by atoms with van der Waals surface area (Å²) in [7, 11) is 0. The monoisotopic (exact) mass is 691 g/mol. The van der Waals surface area contributed by atoms with E-state index in [1.807, 2.05) is 24.3 Å². The van der Waals surface area contributed by atoms with Crippen LogP contribution in [-0.2, 0) is 0 Å². The summed E-state index contributed by atoms with van der Waals surface area (Å²) in [5, 5.41) is 20.4. The van der Waals surface area contributed by atoms with Gasteiger partial charge in [0.25, 0.3) is 0 Å². The van der Waals surface area contributed by atoms with Crippen LogP contribution in [0.2, 0.25) is 0 Å². The van der Waals surface area contributed by atoms with Crippen LogP contribution in [0.5, 0.6) is 11.5 Å². The van der Waals surface area contributed by atoms with Crippen molar-refractivity contribution in [2.24, 2.45) is 0 Å². The molecule has 7 aromatic rings. The van der Waals surface area contributed by atoms with Crippen LogP contribution in [0.25, 0.3) is 89.2 Å². The van der Waals surface area contributed by atoms with Crippen molar-refractivity contribution in [3.05, 3.63) is 155 Å². The van der Waals surface area contributed by atoms with Crippen molar-refractivity contribution in [1.82, 2.24) is 15.0 Å². The van der Waals surface area contributed by atoms with Crippen LogP contribution in [0.3, 0.4) is 0 Å². The maximum absolute atomic E-state index is 10.2. The van der Waals surface area contributed by atoms with E-state index in [1.54, 1.807) is 35.6 Å². The number of thiophene rings is 1. The minimum Gasteiger partial charge on any atom is -0.508 e. The van der Waals surface area contributed by atoms with Crippen LogP contribution in [-0.4, -0.2) is 25.2 Å². The number of hydrogen-bond donors (Lipinski definition) is 3. The number of aromatic nitrogens is 3. The Morgan fingerprint density at radius 1 is 0.404 bits per heavy atom. The van der Waals surface area contributed by atoms with Gasteiger partial charge < -0.3 is 15.2 Å². The van der Waals surface area contributed by atoms with Gasteiger partial charge in [0, 0.05) is 42.7 Å². The topological polar surface area (TPSA) is 82.0 Å². The number of rotatable bonds is 4. The van der Waals surface area contributed by atoms with E-state index < -0.39 is 0 Å². The van der Waals surface area contributed by atoms with E-state index in [9.17, 15) is 10.2 Å². The third kappa shape index (κ3) is 5.69. The first kappa shape index (κ1) is 31.5. The van der Waals surface area contributed by atoms with E-state index >= 15 is 0 Å². The lowest BCUT2D eigenvalue weighted by Crippen LogP contribution is -1.88. The first-order valence-electron chi connectivity index (χ1n) is 17.2. The highest BCUT2D eigenvalue weighted by atomic mass is 32.1. The second kappa shape index (κ2) is 12.7. The van der Waals surface area contributed by atoms with Gasteiger partial charge in [0.2, 0.25) is 0 Å². The maximum Gasteiger partial charge on any atom is 0.115 e. The molecule has 3 N–H and O–H groups in total. The highest BCUT2D eigenvalue weighted by molar-refractivity contribution is 7.24. The van der Waals surface area contributed by atoms with E-state index in [2.05, 4.69) is 116 Å². The summed E-state index contributed by atoms with van der Waals surface area (Å²) in [6, 6.07) is 40.4. The molecule has 5 heterocycles. The highest BCUT2D eigenvalue weighted by Crippen LogP contribution is 2.41. The van der Waals surface area contributed by atoms with Gasteiger partial charge in [0.05, 0.1) is 22.8 Å². The van der Waals surface area contributed by atoms with Gasteiger partial charge in [-0.25, -0.2) is 9.97 Å². The molecule has 3 aromatic heterocycles. The second-order valence-electron chi connectivity index (χ2n) is 13.2. The molecule has 0 saturated heterocycles. The number of H-pyrrole nitrogens is 1. The third-order valence-electron chi connectivity index (χ3n) is 9.62. The molecule has 5 nitrogen and oxygen atoms in total. The van der Waals surface area contributed by atoms with E-state index in [1.165, 1.54) is 11.1 Å². The van der Waals surface area contributed by atoms with E-state index in [-0.39, 0.29) is 11.5 Å². The first-order chi connectivity index (χ1) is 25.4. The van der Waals surface area contributed by atoms with Gasteiger partial charge in [-0.2, -0.15) is 0 Å². The van der Waals surface area contributed by atoms with Gasteiger partial charge in [-0.1, -0.05) is 83.9 Å². The minimum absolute atomic E-state index is 0.201. The predicted octanol–water partition coefficient (Wildman–Crippen LogP) is 12.1. The van der Waals surface area contributed by atoms with Gasteiger partial charge in [0.1, 0.15) is 11.5 Å². The number of benzene rings is 4. The summed E-state index contributed by atoms with van der Waals surface area (Å²) in [5.41, 5.74) is 15.5. The Morgan fingerprint density at radius 2 is 0.731 bits per heavy atom. The number of hydrogen-bond acceptors (Lipinski definition) is 5. The molecule has 0 atom stereocenters. The zero-order valence-electron chi connectivity index (χ0n) is 28.6. The van der Waals surface area contributed by atoms with E-state index in [4.69, 9.17) is 9.97 Å². The molecule has 250 valence electrons. The van der Waals surface area contributed by atoms with E-state index in [0.717, 1.165) is 87.7 Å². The van der Waals surface area contributed by atoms with Crippen LogP contribution in [0.1, 0.15) is 33.9 Å². The molecule has 4 aromatic carbocycles. The summed E-state index contributed by atoms with van der Waals surface area (Å²) in [6.07, 6.45) is 8.38. The Bertz CT molecular complexity index is 2360. The first-order valence-corrected chi connectivity index (χ1v) is 18.0. The molecular formula is C46H33N3O2S. The maximum atomic E-state index is 10.2. The number of aromatic hydroxyl groups is 2. The molecule has 6 heteroatoms. The molecule has 0 saturated carbocycles. The van der Waals surface area contributed by atoms with Gasteiger partial charge in [-0.05, 0) is 109 Å². The van der Waals surface area contributed by atoms with Crippen molar-refractivity contribution in [2.45, 2.75) is 13.8 Å².